The fraction of sp³-hybridized carbons (Fsp3) is 0.344. The van der Waals surface area contributed by atoms with E-state index in [4.69, 9.17) is 16.3 Å². The lowest BCUT2D eigenvalue weighted by Crippen LogP contribution is -2.41. The molecule has 0 radical (unpaired) electrons. The minimum atomic E-state index is -1.19. The summed E-state index contributed by atoms with van der Waals surface area (Å²) in [5.74, 6) is -0.383. The number of carbonyl (C=O) groups is 1. The van der Waals surface area contributed by atoms with E-state index < -0.39 is 22.8 Å². The Hall–Kier alpha value is -2.65. The summed E-state index contributed by atoms with van der Waals surface area (Å²) in [7, 11) is 1.58. The monoisotopic (exact) mass is 615 g/mol. The van der Waals surface area contributed by atoms with Crippen molar-refractivity contribution < 1.29 is 22.9 Å². The Morgan fingerprint density at radius 2 is 1.80 bits per heavy atom. The lowest BCUT2D eigenvalue weighted by atomic mass is 9.83. The molecule has 1 heterocycles. The van der Waals surface area contributed by atoms with Gasteiger partial charge in [0, 0.05) is 23.7 Å². The molecule has 1 aromatic heterocycles. The van der Waals surface area contributed by atoms with Crippen molar-refractivity contribution in [2.45, 2.75) is 56.5 Å². The summed E-state index contributed by atoms with van der Waals surface area (Å²) < 4.78 is 47.5. The number of benzene rings is 3. The summed E-state index contributed by atoms with van der Waals surface area (Å²) in [5.41, 5.74) is 2.48. The number of amides is 1. The number of methoxy groups -OCH3 is 1. The highest BCUT2D eigenvalue weighted by Gasteiger charge is 2.33. The van der Waals surface area contributed by atoms with Crippen LogP contribution in [0.5, 0.6) is 5.75 Å². The first-order chi connectivity index (χ1) is 19.7. The molecule has 1 unspecified atom stereocenters. The Bertz CT molecular complexity index is 1570. The van der Waals surface area contributed by atoms with Crippen molar-refractivity contribution in [2.75, 3.05) is 13.4 Å². The van der Waals surface area contributed by atoms with E-state index in [9.17, 15) is 18.1 Å². The third-order valence-electron chi connectivity index (χ3n) is 8.10. The number of carbonyl (C=O) groups excluding carboxylic acids is 1. The van der Waals surface area contributed by atoms with E-state index in [0.29, 0.717) is 11.7 Å². The zero-order valence-corrected chi connectivity index (χ0v) is 25.6. The van der Waals surface area contributed by atoms with E-state index in [0.717, 1.165) is 77.2 Å². The Morgan fingerprint density at radius 1 is 1.10 bits per heavy atom. The number of thiophene rings is 1. The predicted octanol–water partition coefficient (Wildman–Crippen LogP) is 8.86. The van der Waals surface area contributed by atoms with E-state index in [1.807, 2.05) is 42.5 Å². The van der Waals surface area contributed by atoms with E-state index in [1.165, 1.54) is 0 Å². The van der Waals surface area contributed by atoms with Crippen LogP contribution in [-0.2, 0) is 17.7 Å². The molecule has 9 heteroatoms. The zero-order chi connectivity index (χ0) is 29.3. The number of ether oxygens (including phenoxy) is 1. The summed E-state index contributed by atoms with van der Waals surface area (Å²) in [6.45, 7) is 2.41. The first-order valence-electron chi connectivity index (χ1n) is 13.7. The van der Waals surface area contributed by atoms with E-state index in [-0.39, 0.29) is 38.5 Å². The topological polar surface area (TPSA) is 52.6 Å². The second-order valence-corrected chi connectivity index (χ2v) is 13.2. The van der Waals surface area contributed by atoms with Crippen molar-refractivity contribution in [3.05, 3.63) is 81.7 Å². The number of nitrogens with zero attached hydrogens (tertiary/aromatic N) is 1. The van der Waals surface area contributed by atoms with E-state index >= 15 is 0 Å². The molecule has 1 aliphatic rings. The molecule has 4 aromatic rings. The molecule has 0 spiro atoms. The quantitative estimate of drug-likeness (QED) is 0.186. The van der Waals surface area contributed by atoms with Gasteiger partial charge in [-0.1, -0.05) is 43.1 Å². The van der Waals surface area contributed by atoms with Gasteiger partial charge >= 0.3 is 0 Å². The van der Waals surface area contributed by atoms with Crippen LogP contribution in [0.2, 0.25) is 5.02 Å². The Kier molecular flexibility index (Phi) is 9.24. The SMILES string of the molecule is CC[C@H]1CC[C@H](N(Cc2cc(-c3ccccc3[S+](C)[O-])ccc2OC)C(=O)c2sc3c(F)ccc(F)c3c2Cl)CC1. The van der Waals surface area contributed by atoms with Gasteiger partial charge < -0.3 is 14.2 Å². The molecular formula is C32H32ClF2NO3S2. The number of rotatable bonds is 8. The predicted molar refractivity (Wildman–Crippen MR) is 163 cm³/mol. The molecule has 1 aliphatic carbocycles. The van der Waals surface area contributed by atoms with Crippen molar-refractivity contribution in [3.63, 3.8) is 0 Å². The summed E-state index contributed by atoms with van der Waals surface area (Å²) in [5, 5.41) is -0.113. The van der Waals surface area contributed by atoms with Gasteiger partial charge in [-0.2, -0.15) is 0 Å². The molecule has 1 atom stereocenters. The summed E-state index contributed by atoms with van der Waals surface area (Å²) in [4.78, 5) is 16.9. The third-order valence-corrected chi connectivity index (χ3v) is 10.8. The first kappa shape index (κ1) is 29.8. The molecule has 1 saturated carbocycles. The van der Waals surface area contributed by atoms with Crippen LogP contribution < -0.4 is 4.74 Å². The normalized spacial score (nSPS) is 17.9. The van der Waals surface area contributed by atoms with Gasteiger partial charge in [-0.05, 0) is 84.7 Å². The molecule has 1 amide bonds. The lowest BCUT2D eigenvalue weighted by Gasteiger charge is -2.37. The van der Waals surface area contributed by atoms with Crippen LogP contribution >= 0.6 is 22.9 Å². The minimum absolute atomic E-state index is 0.0387. The standard InChI is InChI=1S/C32H32ClF2NO3S2/c1-4-19-9-12-22(13-10-19)36(32(37)31-29(33)28-24(34)14-15-25(35)30(28)40-31)18-21-17-20(11-16-26(21)39-2)23-7-5-6-8-27(23)41(3)38/h5-8,11,14-17,19,22H,4,9-10,12-13,18H2,1-3H3/t19-,22-,41?. The molecule has 0 N–H and O–H groups in total. The first-order valence-corrected chi connectivity index (χ1v) is 16.4. The van der Waals surface area contributed by atoms with Gasteiger partial charge in [0.2, 0.25) is 0 Å². The van der Waals surface area contributed by atoms with E-state index in [2.05, 4.69) is 6.92 Å². The summed E-state index contributed by atoms with van der Waals surface area (Å²) in [6, 6.07) is 15.3. The molecule has 216 valence electrons. The molecule has 0 bridgehead atoms. The average molecular weight is 616 g/mol. The maximum atomic E-state index is 14.7. The van der Waals surface area contributed by atoms with Crippen molar-refractivity contribution in [1.29, 1.82) is 0 Å². The fourth-order valence-corrected chi connectivity index (χ4v) is 8.08. The molecule has 5 rings (SSSR count). The van der Waals surface area contributed by atoms with E-state index in [1.54, 1.807) is 18.3 Å². The fourth-order valence-electron chi connectivity index (χ4n) is 5.81. The molecule has 4 nitrogen and oxygen atoms in total. The van der Waals surface area contributed by atoms with Gasteiger partial charge in [0.15, 0.2) is 4.90 Å². The van der Waals surface area contributed by atoms with Crippen LogP contribution in [0.3, 0.4) is 0 Å². The lowest BCUT2D eigenvalue weighted by molar-refractivity contribution is 0.0591. The van der Waals surface area contributed by atoms with Crippen molar-refractivity contribution >= 4 is 50.1 Å². The van der Waals surface area contributed by atoms with Crippen LogP contribution in [-0.4, -0.2) is 34.8 Å². The number of hydrogen-bond donors (Lipinski definition) is 0. The Labute approximate surface area is 251 Å². The number of fused-ring (bicyclic) bond motifs is 1. The van der Waals surface area contributed by atoms with Gasteiger partial charge in [-0.15, -0.1) is 11.3 Å². The van der Waals surface area contributed by atoms with Crippen molar-refractivity contribution in [2.24, 2.45) is 5.92 Å². The largest absolute Gasteiger partial charge is 0.612 e. The maximum absolute atomic E-state index is 14.7. The molecular weight excluding hydrogens is 584 g/mol. The summed E-state index contributed by atoms with van der Waals surface area (Å²) >= 11 is 6.28. The molecule has 0 aliphatic heterocycles. The second-order valence-electron chi connectivity index (χ2n) is 10.5. The minimum Gasteiger partial charge on any atom is -0.612 e. The maximum Gasteiger partial charge on any atom is 0.266 e. The average Bonchev–Trinajstić information content (AvgIpc) is 3.35. The third kappa shape index (κ3) is 5.98. The molecule has 1 fully saturated rings. The highest BCUT2D eigenvalue weighted by Crippen LogP contribution is 2.41. The van der Waals surface area contributed by atoms with Gasteiger partial charge in [0.05, 0.1) is 22.2 Å². The highest BCUT2D eigenvalue weighted by molar-refractivity contribution is 7.90. The van der Waals surface area contributed by atoms with Crippen molar-refractivity contribution in [3.8, 4) is 16.9 Å². The Morgan fingerprint density at radius 3 is 2.46 bits per heavy atom. The van der Waals surface area contributed by atoms with Crippen LogP contribution in [0.15, 0.2) is 59.5 Å². The zero-order valence-electron chi connectivity index (χ0n) is 23.2. The van der Waals surface area contributed by atoms with Gasteiger partial charge in [0.1, 0.15) is 28.5 Å². The van der Waals surface area contributed by atoms with Gasteiger partial charge in [0.25, 0.3) is 5.91 Å². The molecule has 3 aromatic carbocycles. The molecule has 41 heavy (non-hydrogen) atoms. The highest BCUT2D eigenvalue weighted by atomic mass is 35.5. The number of halogens is 3. The smallest absolute Gasteiger partial charge is 0.266 e. The molecule has 0 saturated heterocycles. The van der Waals surface area contributed by atoms with Crippen LogP contribution in [0, 0.1) is 17.6 Å². The van der Waals surface area contributed by atoms with Crippen LogP contribution in [0.25, 0.3) is 21.2 Å². The second kappa shape index (κ2) is 12.7. The number of hydrogen-bond acceptors (Lipinski definition) is 4. The summed E-state index contributed by atoms with van der Waals surface area (Å²) in [6.07, 6.45) is 6.40. The Balaban J connectivity index is 1.58. The van der Waals surface area contributed by atoms with Crippen LogP contribution in [0.4, 0.5) is 8.78 Å². The van der Waals surface area contributed by atoms with Gasteiger partial charge in [-0.3, -0.25) is 4.79 Å². The van der Waals surface area contributed by atoms with Gasteiger partial charge in [-0.25, -0.2) is 8.78 Å². The van der Waals surface area contributed by atoms with Crippen molar-refractivity contribution in [1.82, 2.24) is 4.90 Å². The van der Waals surface area contributed by atoms with Crippen LogP contribution in [0.1, 0.15) is 54.3 Å².